The molecule has 1 atom stereocenters. The lowest BCUT2D eigenvalue weighted by Crippen LogP contribution is -2.46. The van der Waals surface area contributed by atoms with E-state index in [0.29, 0.717) is 36.3 Å². The summed E-state index contributed by atoms with van der Waals surface area (Å²) in [5, 5.41) is 0.633. The third-order valence-corrected chi connectivity index (χ3v) is 4.74. The van der Waals surface area contributed by atoms with Crippen molar-refractivity contribution in [2.24, 2.45) is 5.92 Å². The first kappa shape index (κ1) is 19.3. The minimum Gasteiger partial charge on any atom is -0.481 e. The summed E-state index contributed by atoms with van der Waals surface area (Å²) in [5.74, 6) is 0.961. The maximum Gasteiger partial charge on any atom is 0.263 e. The molecule has 1 saturated heterocycles. The van der Waals surface area contributed by atoms with Crippen LogP contribution < -0.4 is 4.74 Å². The Morgan fingerprint density at radius 1 is 1.36 bits per heavy atom. The van der Waals surface area contributed by atoms with Crippen LogP contribution in [0.1, 0.15) is 19.8 Å². The molecule has 0 spiro atoms. The molecule has 6 heteroatoms. The Labute approximate surface area is 154 Å². The van der Waals surface area contributed by atoms with Crippen molar-refractivity contribution in [1.29, 1.82) is 0 Å². The van der Waals surface area contributed by atoms with Gasteiger partial charge in [0.2, 0.25) is 5.91 Å². The highest BCUT2D eigenvalue weighted by molar-refractivity contribution is 6.30. The van der Waals surface area contributed by atoms with Gasteiger partial charge in [-0.2, -0.15) is 0 Å². The minimum atomic E-state index is -0.539. The number of piperidine rings is 1. The zero-order valence-electron chi connectivity index (χ0n) is 14.8. The number of amides is 2. The van der Waals surface area contributed by atoms with Gasteiger partial charge < -0.3 is 14.5 Å². The molecule has 0 aliphatic carbocycles. The number of carbonyl (C=O) groups excluding carboxylic acids is 2. The predicted octanol–water partition coefficient (Wildman–Crippen LogP) is 2.99. The minimum absolute atomic E-state index is 0.0103. The first-order chi connectivity index (χ1) is 11.9. The second-order valence-electron chi connectivity index (χ2n) is 6.41. The largest absolute Gasteiger partial charge is 0.481 e. The topological polar surface area (TPSA) is 49.9 Å². The molecule has 1 aromatic rings. The average molecular weight is 365 g/mol. The van der Waals surface area contributed by atoms with E-state index in [0.717, 1.165) is 12.8 Å². The molecule has 25 heavy (non-hydrogen) atoms. The fourth-order valence-electron chi connectivity index (χ4n) is 2.99. The first-order valence-corrected chi connectivity index (χ1v) is 8.87. The van der Waals surface area contributed by atoms with Crippen molar-refractivity contribution in [2.45, 2.75) is 25.9 Å². The van der Waals surface area contributed by atoms with Crippen LogP contribution in [0.5, 0.6) is 5.75 Å². The number of ether oxygens (including phenoxy) is 1. The van der Waals surface area contributed by atoms with Crippen molar-refractivity contribution in [3.63, 3.8) is 0 Å². The molecular weight excluding hydrogens is 340 g/mol. The van der Waals surface area contributed by atoms with E-state index in [1.165, 1.54) is 6.08 Å². The number of carbonyl (C=O) groups is 2. The molecule has 1 aliphatic heterocycles. The van der Waals surface area contributed by atoms with Crippen molar-refractivity contribution >= 4 is 23.4 Å². The van der Waals surface area contributed by atoms with Crippen molar-refractivity contribution < 1.29 is 14.3 Å². The summed E-state index contributed by atoms with van der Waals surface area (Å²) < 4.78 is 5.71. The van der Waals surface area contributed by atoms with Gasteiger partial charge in [-0.25, -0.2) is 0 Å². The third kappa shape index (κ3) is 5.49. The van der Waals surface area contributed by atoms with Crippen molar-refractivity contribution in [1.82, 2.24) is 9.80 Å². The highest BCUT2D eigenvalue weighted by Crippen LogP contribution is 2.21. The Morgan fingerprint density at radius 3 is 2.52 bits per heavy atom. The summed E-state index contributed by atoms with van der Waals surface area (Å²) in [6, 6.07) is 6.98. The Morgan fingerprint density at radius 2 is 1.96 bits per heavy atom. The van der Waals surface area contributed by atoms with Gasteiger partial charge in [0, 0.05) is 31.7 Å². The molecule has 1 aliphatic rings. The predicted molar refractivity (Wildman–Crippen MR) is 98.7 cm³/mol. The summed E-state index contributed by atoms with van der Waals surface area (Å²) in [6.07, 6.45) is 2.55. The first-order valence-electron chi connectivity index (χ1n) is 8.49. The van der Waals surface area contributed by atoms with Crippen LogP contribution in [0.2, 0.25) is 5.02 Å². The summed E-state index contributed by atoms with van der Waals surface area (Å²) in [4.78, 5) is 27.6. The summed E-state index contributed by atoms with van der Waals surface area (Å²) >= 11 is 5.85. The quantitative estimate of drug-likeness (QED) is 0.729. The van der Waals surface area contributed by atoms with Crippen LogP contribution in [0.15, 0.2) is 36.9 Å². The number of benzene rings is 1. The zero-order chi connectivity index (χ0) is 18.4. The van der Waals surface area contributed by atoms with E-state index < -0.39 is 6.10 Å². The number of nitrogens with zero attached hydrogens (tertiary/aromatic N) is 2. The molecule has 1 unspecified atom stereocenters. The zero-order valence-corrected chi connectivity index (χ0v) is 15.5. The highest BCUT2D eigenvalue weighted by atomic mass is 35.5. The molecule has 2 amide bonds. The van der Waals surface area contributed by atoms with Crippen molar-refractivity contribution in [3.05, 3.63) is 41.9 Å². The van der Waals surface area contributed by atoms with E-state index >= 15 is 0 Å². The number of halogens is 1. The van der Waals surface area contributed by atoms with Crippen LogP contribution in [0.3, 0.4) is 0 Å². The van der Waals surface area contributed by atoms with Gasteiger partial charge >= 0.3 is 0 Å². The lowest BCUT2D eigenvalue weighted by atomic mass is 9.96. The van der Waals surface area contributed by atoms with Crippen LogP contribution in [0.4, 0.5) is 0 Å². The molecule has 1 aromatic carbocycles. The molecule has 0 bridgehead atoms. The van der Waals surface area contributed by atoms with Gasteiger partial charge in [-0.3, -0.25) is 9.59 Å². The van der Waals surface area contributed by atoms with Gasteiger partial charge in [0.05, 0.1) is 0 Å². The second-order valence-corrected chi connectivity index (χ2v) is 6.84. The molecule has 1 fully saturated rings. The van der Waals surface area contributed by atoms with Crippen LogP contribution >= 0.6 is 11.6 Å². The molecule has 2 rings (SSSR count). The van der Waals surface area contributed by atoms with Crippen LogP contribution in [-0.4, -0.2) is 54.4 Å². The summed E-state index contributed by atoms with van der Waals surface area (Å²) in [7, 11) is 1.78. The van der Waals surface area contributed by atoms with Gasteiger partial charge in [-0.1, -0.05) is 18.2 Å². The third-order valence-electron chi connectivity index (χ3n) is 4.48. The fraction of sp³-hybridized carbons (Fsp3) is 0.474. The van der Waals surface area contributed by atoms with E-state index in [-0.39, 0.29) is 11.8 Å². The number of hydrogen-bond donors (Lipinski definition) is 0. The molecule has 0 N–H and O–H groups in total. The fourth-order valence-corrected chi connectivity index (χ4v) is 3.12. The number of likely N-dealkylation sites (tertiary alicyclic amines) is 1. The summed E-state index contributed by atoms with van der Waals surface area (Å²) in [6.45, 7) is 7.34. The van der Waals surface area contributed by atoms with Crippen LogP contribution in [-0.2, 0) is 9.59 Å². The molecule has 0 radical (unpaired) electrons. The Bertz CT molecular complexity index is 610. The number of hydrogen-bond acceptors (Lipinski definition) is 3. The number of likely N-dealkylation sites (N-methyl/N-ethyl adjacent to an activating group) is 1. The molecule has 5 nitrogen and oxygen atoms in total. The summed E-state index contributed by atoms with van der Waals surface area (Å²) in [5.41, 5.74) is 0. The standard InChI is InChI=1S/C19H25ClN2O3/c1-4-18(23)21(3)13-15-9-11-22(12-10-15)19(24)14(2)25-17-7-5-16(20)6-8-17/h4-8,14-15H,1,9-13H2,2-3H3. The molecular formula is C19H25ClN2O3. The second kappa shape index (κ2) is 8.90. The Hall–Kier alpha value is -2.01. The molecule has 1 heterocycles. The maximum atomic E-state index is 12.5. The molecule has 0 aromatic heterocycles. The maximum absolute atomic E-state index is 12.5. The van der Waals surface area contributed by atoms with Crippen LogP contribution in [0, 0.1) is 5.92 Å². The Balaban J connectivity index is 1.81. The van der Waals surface area contributed by atoms with Crippen molar-refractivity contribution in [2.75, 3.05) is 26.7 Å². The number of rotatable bonds is 6. The molecule has 136 valence electrons. The normalized spacial score (nSPS) is 16.2. The van der Waals surface area contributed by atoms with Crippen LogP contribution in [0.25, 0.3) is 0 Å². The van der Waals surface area contributed by atoms with E-state index in [4.69, 9.17) is 16.3 Å². The van der Waals surface area contributed by atoms with E-state index in [9.17, 15) is 9.59 Å². The van der Waals surface area contributed by atoms with E-state index in [1.807, 2.05) is 4.90 Å². The lowest BCUT2D eigenvalue weighted by Gasteiger charge is -2.35. The van der Waals surface area contributed by atoms with Gasteiger partial charge in [-0.05, 0) is 56.0 Å². The molecule has 0 saturated carbocycles. The van der Waals surface area contributed by atoms with E-state index in [2.05, 4.69) is 6.58 Å². The van der Waals surface area contributed by atoms with Gasteiger partial charge in [0.25, 0.3) is 5.91 Å². The SMILES string of the molecule is C=CC(=O)N(C)CC1CCN(C(=O)C(C)Oc2ccc(Cl)cc2)CC1. The Kier molecular flexibility index (Phi) is 6.88. The van der Waals surface area contributed by atoms with E-state index in [1.54, 1.807) is 43.1 Å². The van der Waals surface area contributed by atoms with Gasteiger partial charge in [-0.15, -0.1) is 0 Å². The smallest absolute Gasteiger partial charge is 0.263 e. The lowest BCUT2D eigenvalue weighted by molar-refractivity contribution is -0.139. The average Bonchev–Trinajstić information content (AvgIpc) is 2.62. The highest BCUT2D eigenvalue weighted by Gasteiger charge is 2.27. The van der Waals surface area contributed by atoms with Crippen molar-refractivity contribution in [3.8, 4) is 5.75 Å². The monoisotopic (exact) mass is 364 g/mol. The van der Waals surface area contributed by atoms with Gasteiger partial charge in [0.15, 0.2) is 6.10 Å². The van der Waals surface area contributed by atoms with Gasteiger partial charge in [0.1, 0.15) is 5.75 Å².